The van der Waals surface area contributed by atoms with E-state index in [0.717, 1.165) is 12.1 Å². The summed E-state index contributed by atoms with van der Waals surface area (Å²) in [5.74, 6) is 0.00463. The molecule has 0 heterocycles. The molecule has 0 atom stereocenters. The van der Waals surface area contributed by atoms with Crippen LogP contribution in [-0.4, -0.2) is 13.0 Å². The van der Waals surface area contributed by atoms with E-state index in [2.05, 4.69) is 5.32 Å². The van der Waals surface area contributed by atoms with Gasteiger partial charge in [-0.25, -0.2) is 0 Å². The van der Waals surface area contributed by atoms with E-state index >= 15 is 0 Å². The van der Waals surface area contributed by atoms with Gasteiger partial charge in [-0.2, -0.15) is 13.2 Å². The van der Waals surface area contributed by atoms with Crippen molar-refractivity contribution in [3.05, 3.63) is 35.4 Å². The third kappa shape index (κ3) is 6.06. The largest absolute Gasteiger partial charge is 0.416 e. The highest BCUT2D eigenvalue weighted by Gasteiger charge is 2.29. The van der Waals surface area contributed by atoms with Gasteiger partial charge < -0.3 is 5.32 Å². The van der Waals surface area contributed by atoms with Gasteiger partial charge in [0, 0.05) is 14.0 Å². The molecule has 1 aromatic rings. The first kappa shape index (κ1) is 14.5. The number of benzene rings is 1. The van der Waals surface area contributed by atoms with Crippen LogP contribution in [0.4, 0.5) is 13.2 Å². The van der Waals surface area contributed by atoms with Gasteiger partial charge in [0.1, 0.15) is 0 Å². The van der Waals surface area contributed by atoms with E-state index in [-0.39, 0.29) is 5.91 Å². The van der Waals surface area contributed by atoms with Crippen molar-refractivity contribution in [2.24, 2.45) is 0 Å². The first-order chi connectivity index (χ1) is 7.27. The number of carbonyl (C=O) groups excluding carboxylic acids is 1. The maximum absolute atomic E-state index is 12.0. The molecule has 0 aliphatic carbocycles. The van der Waals surface area contributed by atoms with E-state index in [4.69, 9.17) is 0 Å². The summed E-state index contributed by atoms with van der Waals surface area (Å²) < 4.78 is 35.9. The van der Waals surface area contributed by atoms with Crippen molar-refractivity contribution in [2.75, 3.05) is 7.05 Å². The predicted molar refractivity (Wildman–Crippen MR) is 55.9 cm³/mol. The zero-order valence-corrected chi connectivity index (χ0v) is 9.35. The number of rotatable bonds is 0. The molecule has 0 fully saturated rings. The molecule has 0 aromatic heterocycles. The van der Waals surface area contributed by atoms with Crippen LogP contribution in [0.15, 0.2) is 24.3 Å². The molecule has 0 aliphatic heterocycles. The summed E-state index contributed by atoms with van der Waals surface area (Å²) >= 11 is 0. The Bertz CT molecular complexity index is 347. The number of amides is 1. The van der Waals surface area contributed by atoms with Crippen LogP contribution < -0.4 is 5.32 Å². The highest BCUT2D eigenvalue weighted by molar-refractivity contribution is 5.72. The number of hydrogen-bond acceptors (Lipinski definition) is 1. The maximum Gasteiger partial charge on any atom is 0.416 e. The first-order valence-corrected chi connectivity index (χ1v) is 4.59. The van der Waals surface area contributed by atoms with Gasteiger partial charge in [0.15, 0.2) is 0 Å². The average molecular weight is 233 g/mol. The van der Waals surface area contributed by atoms with Gasteiger partial charge in [-0.3, -0.25) is 4.79 Å². The van der Waals surface area contributed by atoms with Crippen molar-refractivity contribution in [3.63, 3.8) is 0 Å². The number of halogens is 3. The Balaban J connectivity index is 0.000000385. The van der Waals surface area contributed by atoms with E-state index in [1.54, 1.807) is 20.0 Å². The zero-order chi connectivity index (χ0) is 12.8. The number of hydrogen-bond donors (Lipinski definition) is 1. The lowest BCUT2D eigenvalue weighted by atomic mass is 10.1. The van der Waals surface area contributed by atoms with Gasteiger partial charge in [0.2, 0.25) is 5.91 Å². The molecule has 2 nitrogen and oxygen atoms in total. The highest BCUT2D eigenvalue weighted by atomic mass is 19.4. The first-order valence-electron chi connectivity index (χ1n) is 4.59. The van der Waals surface area contributed by atoms with E-state index in [1.165, 1.54) is 13.0 Å². The van der Waals surface area contributed by atoms with Crippen LogP contribution >= 0.6 is 0 Å². The third-order valence-corrected chi connectivity index (χ3v) is 1.70. The molecule has 0 radical (unpaired) electrons. The molecule has 0 saturated heterocycles. The summed E-state index contributed by atoms with van der Waals surface area (Å²) in [6.45, 7) is 3.11. The molecule has 1 N–H and O–H groups in total. The molecule has 0 unspecified atom stereocenters. The molecular formula is C11H14F3NO. The van der Waals surface area contributed by atoms with Gasteiger partial charge in [0.25, 0.3) is 0 Å². The topological polar surface area (TPSA) is 29.1 Å². The van der Waals surface area contributed by atoms with Crippen LogP contribution in [0.3, 0.4) is 0 Å². The van der Waals surface area contributed by atoms with E-state index in [0.29, 0.717) is 5.56 Å². The SMILES string of the molecule is CNC(C)=O.Cc1cccc(C(F)(F)F)c1. The second kappa shape index (κ2) is 6.15. The molecular weight excluding hydrogens is 219 g/mol. The number of aryl methyl sites for hydroxylation is 1. The smallest absolute Gasteiger partial charge is 0.359 e. The molecule has 0 aliphatic rings. The molecule has 90 valence electrons. The van der Waals surface area contributed by atoms with Crippen molar-refractivity contribution in [1.82, 2.24) is 5.32 Å². The fourth-order valence-electron chi connectivity index (χ4n) is 0.821. The Morgan fingerprint density at radius 2 is 1.81 bits per heavy atom. The van der Waals surface area contributed by atoms with Gasteiger partial charge in [-0.1, -0.05) is 23.8 Å². The Morgan fingerprint density at radius 1 is 1.31 bits per heavy atom. The summed E-state index contributed by atoms with van der Waals surface area (Å²) in [5.41, 5.74) is 0.0392. The van der Waals surface area contributed by atoms with Crippen LogP contribution in [0.1, 0.15) is 18.1 Å². The Morgan fingerprint density at radius 3 is 2.06 bits per heavy atom. The molecule has 1 amide bonds. The van der Waals surface area contributed by atoms with E-state index in [9.17, 15) is 18.0 Å². The maximum atomic E-state index is 12.0. The van der Waals surface area contributed by atoms with E-state index in [1.807, 2.05) is 0 Å². The molecule has 16 heavy (non-hydrogen) atoms. The minimum Gasteiger partial charge on any atom is -0.359 e. The zero-order valence-electron chi connectivity index (χ0n) is 9.35. The van der Waals surface area contributed by atoms with Gasteiger partial charge >= 0.3 is 6.18 Å². The van der Waals surface area contributed by atoms with Crippen LogP contribution in [0, 0.1) is 6.92 Å². The van der Waals surface area contributed by atoms with Crippen LogP contribution in [0.25, 0.3) is 0 Å². The van der Waals surface area contributed by atoms with Crippen molar-refractivity contribution in [1.29, 1.82) is 0 Å². The lowest BCUT2D eigenvalue weighted by Crippen LogP contribution is -2.11. The van der Waals surface area contributed by atoms with Gasteiger partial charge in [-0.05, 0) is 13.0 Å². The van der Waals surface area contributed by atoms with E-state index < -0.39 is 11.7 Å². The lowest BCUT2D eigenvalue weighted by molar-refractivity contribution is -0.137. The third-order valence-electron chi connectivity index (χ3n) is 1.70. The molecule has 0 saturated carbocycles. The predicted octanol–water partition coefficient (Wildman–Crippen LogP) is 2.77. The summed E-state index contributed by atoms with van der Waals surface area (Å²) in [7, 11) is 1.60. The van der Waals surface area contributed by atoms with Crippen molar-refractivity contribution < 1.29 is 18.0 Å². The number of nitrogens with one attached hydrogen (secondary N) is 1. The second-order valence-electron chi connectivity index (χ2n) is 3.17. The molecule has 5 heteroatoms. The monoisotopic (exact) mass is 233 g/mol. The van der Waals surface area contributed by atoms with Gasteiger partial charge in [0.05, 0.1) is 5.56 Å². The standard InChI is InChI=1S/C8H7F3.C3H7NO/c1-6-3-2-4-7(5-6)8(9,10)11;1-3(5)4-2/h2-5H,1H3;1-2H3,(H,4,5). The fraction of sp³-hybridized carbons (Fsp3) is 0.364. The summed E-state index contributed by atoms with van der Waals surface area (Å²) in [5, 5.41) is 2.39. The normalized spacial score (nSPS) is 10.1. The second-order valence-corrected chi connectivity index (χ2v) is 3.17. The number of alkyl halides is 3. The summed E-state index contributed by atoms with van der Waals surface area (Å²) in [4.78, 5) is 9.70. The molecule has 1 aromatic carbocycles. The minimum absolute atomic E-state index is 0.00463. The quantitative estimate of drug-likeness (QED) is 0.733. The minimum atomic E-state index is -4.22. The average Bonchev–Trinajstić information content (AvgIpc) is 2.17. The van der Waals surface area contributed by atoms with Gasteiger partial charge in [-0.15, -0.1) is 0 Å². The highest BCUT2D eigenvalue weighted by Crippen LogP contribution is 2.29. The number of carbonyl (C=O) groups is 1. The Hall–Kier alpha value is -1.52. The Kier molecular flexibility index (Phi) is 5.56. The molecule has 0 bridgehead atoms. The fourth-order valence-corrected chi connectivity index (χ4v) is 0.821. The molecule has 1 rings (SSSR count). The van der Waals surface area contributed by atoms with Crippen LogP contribution in [0.5, 0.6) is 0 Å². The van der Waals surface area contributed by atoms with Crippen LogP contribution in [-0.2, 0) is 11.0 Å². The summed E-state index contributed by atoms with van der Waals surface area (Å²) in [6.07, 6.45) is -4.22. The lowest BCUT2D eigenvalue weighted by Gasteiger charge is -2.05. The van der Waals surface area contributed by atoms with Crippen LogP contribution in [0.2, 0.25) is 0 Å². The van der Waals surface area contributed by atoms with Crippen molar-refractivity contribution in [2.45, 2.75) is 20.0 Å². The van der Waals surface area contributed by atoms with Crippen molar-refractivity contribution in [3.8, 4) is 0 Å². The molecule has 0 spiro atoms. The Labute approximate surface area is 92.5 Å². The van der Waals surface area contributed by atoms with Crippen molar-refractivity contribution >= 4 is 5.91 Å². The summed E-state index contributed by atoms with van der Waals surface area (Å²) in [6, 6.07) is 5.22.